The van der Waals surface area contributed by atoms with Gasteiger partial charge >= 0.3 is 6.01 Å². The summed E-state index contributed by atoms with van der Waals surface area (Å²) in [6, 6.07) is 13.9. The number of nitrogens with zero attached hydrogens (tertiary/aromatic N) is 8. The Hall–Kier alpha value is -5.68. The fourth-order valence-corrected chi connectivity index (χ4v) is 11.6. The van der Waals surface area contributed by atoms with Gasteiger partial charge in [0.25, 0.3) is 5.91 Å². The van der Waals surface area contributed by atoms with Gasteiger partial charge in [-0.25, -0.2) is 4.39 Å². The molecule has 6 aliphatic rings. The Bertz CT molecular complexity index is 2830. The van der Waals surface area contributed by atoms with Crippen LogP contribution < -0.4 is 19.9 Å². The summed E-state index contributed by atoms with van der Waals surface area (Å²) in [5.41, 5.74) is 2.10. The molecule has 17 heteroatoms. The van der Waals surface area contributed by atoms with Crippen molar-refractivity contribution in [2.24, 2.45) is 11.3 Å². The number of aliphatic hydroxyl groups is 1. The quantitative estimate of drug-likeness (QED) is 0.129. The van der Waals surface area contributed by atoms with E-state index in [2.05, 4.69) is 31.1 Å². The number of carbonyl (C=O) groups is 3. The average Bonchev–Trinajstić information content (AvgIpc) is 4.01. The number of amides is 3. The molecule has 3 aromatic carbocycles. The van der Waals surface area contributed by atoms with E-state index in [9.17, 15) is 24.6 Å². The fourth-order valence-electron chi connectivity index (χ4n) is 11.3. The van der Waals surface area contributed by atoms with E-state index in [0.717, 1.165) is 95.7 Å². The third kappa shape index (κ3) is 8.80. The number of piperidine rings is 3. The molecule has 1 saturated carbocycles. The molecule has 2 atom stereocenters. The number of fused-ring (bicyclic) bond motifs is 3. The fraction of sp³-hybridized carbons (Fsp3) is 0.490. The topological polar surface area (TPSA) is 168 Å². The summed E-state index contributed by atoms with van der Waals surface area (Å²) in [6.07, 6.45) is 7.87. The predicted molar refractivity (Wildman–Crippen MR) is 256 cm³/mol. The third-order valence-electron chi connectivity index (χ3n) is 15.3. The zero-order chi connectivity index (χ0) is 46.9. The number of nitrogens with one attached hydrogen (secondary N) is 1. The number of ether oxygens (including phenoxy) is 1. The molecule has 0 bridgehead atoms. The number of imide groups is 1. The molecule has 68 heavy (non-hydrogen) atoms. The number of piperazine rings is 1. The minimum absolute atomic E-state index is 0.00878. The summed E-state index contributed by atoms with van der Waals surface area (Å²) in [4.78, 5) is 62.7. The van der Waals surface area contributed by atoms with Gasteiger partial charge < -0.3 is 34.5 Å². The largest absolute Gasteiger partial charge is 0.508 e. The Morgan fingerprint density at radius 3 is 2.49 bits per heavy atom. The molecule has 5 aromatic rings. The van der Waals surface area contributed by atoms with Crippen LogP contribution in [0.1, 0.15) is 74.2 Å². The number of phenolic OH excluding ortho intramolecular Hbond substituents is 1. The second kappa shape index (κ2) is 17.7. The molecule has 3 N–H and O–H groups in total. The van der Waals surface area contributed by atoms with E-state index in [4.69, 9.17) is 26.3 Å². The van der Waals surface area contributed by atoms with Crippen molar-refractivity contribution in [2.75, 3.05) is 81.9 Å². The molecule has 4 saturated heterocycles. The number of aromatic hydroxyl groups is 1. The molecule has 0 unspecified atom stereocenters. The lowest BCUT2D eigenvalue weighted by molar-refractivity contribution is -0.136. The van der Waals surface area contributed by atoms with Gasteiger partial charge in [0.2, 0.25) is 11.8 Å². The van der Waals surface area contributed by atoms with Gasteiger partial charge in [-0.3, -0.25) is 29.6 Å². The van der Waals surface area contributed by atoms with E-state index in [1.165, 1.54) is 6.07 Å². The normalized spacial score (nSPS) is 23.7. The highest BCUT2D eigenvalue weighted by molar-refractivity contribution is 6.36. The molecule has 2 aromatic heterocycles. The first-order valence-corrected chi connectivity index (χ1v) is 24.5. The monoisotopic (exact) mass is 945 g/mol. The lowest BCUT2D eigenvalue weighted by atomic mass is 9.94. The lowest BCUT2D eigenvalue weighted by Crippen LogP contribution is -2.52. The zero-order valence-electron chi connectivity index (χ0n) is 38.4. The van der Waals surface area contributed by atoms with E-state index in [1.54, 1.807) is 36.2 Å². The van der Waals surface area contributed by atoms with E-state index in [0.29, 0.717) is 83.1 Å². The van der Waals surface area contributed by atoms with Crippen LogP contribution in [0.5, 0.6) is 11.8 Å². The van der Waals surface area contributed by atoms with Crippen LogP contribution in [0.2, 0.25) is 5.02 Å². The van der Waals surface area contributed by atoms with Gasteiger partial charge in [-0.2, -0.15) is 9.97 Å². The standard InChI is InChI=1S/C51H57ClFN9O6/c1-50(67)12-3-15-61(28-50)46-38-25-54-44(37-24-35(63)23-32-4-2-5-39(52)42(32)37)43(53)45(38)56-49(57-46)68-30-51(13-14-51)29-59-16-10-31(11-17-59)26-58-18-20-60(21-19-58)34-6-7-36-33(22-34)27-62(48(36)66)40-8-9-41(64)55-47(40)65/h2,4-7,22-25,31,40,63,67H,3,8-21,26-30H2,1H3,(H,55,64,65)/t40-,50+/m0/s1. The van der Waals surface area contributed by atoms with Gasteiger partial charge in [-0.1, -0.05) is 23.7 Å². The van der Waals surface area contributed by atoms with Crippen molar-refractivity contribution in [1.82, 2.24) is 35.0 Å². The van der Waals surface area contributed by atoms with Gasteiger partial charge in [-0.15, -0.1) is 0 Å². The number of benzene rings is 3. The number of β-amino-alcohol motifs (C(OH)–C–C–N with tert-alkyl or cyclic N) is 1. The minimum atomic E-state index is -0.943. The maximum absolute atomic E-state index is 17.0. The number of hydrogen-bond acceptors (Lipinski definition) is 13. The predicted octanol–water partition coefficient (Wildman–Crippen LogP) is 6.15. The number of hydrogen-bond donors (Lipinski definition) is 3. The van der Waals surface area contributed by atoms with Crippen LogP contribution in [0.15, 0.2) is 54.7 Å². The molecule has 356 valence electrons. The van der Waals surface area contributed by atoms with Crippen LogP contribution in [-0.2, 0) is 16.1 Å². The van der Waals surface area contributed by atoms with Crippen molar-refractivity contribution >= 4 is 62.5 Å². The Labute approximate surface area is 399 Å². The first-order chi connectivity index (χ1) is 32.8. The summed E-state index contributed by atoms with van der Waals surface area (Å²) < 4.78 is 23.4. The van der Waals surface area contributed by atoms with Crippen molar-refractivity contribution < 1.29 is 33.7 Å². The Balaban J connectivity index is 0.712. The third-order valence-corrected chi connectivity index (χ3v) is 15.6. The summed E-state index contributed by atoms with van der Waals surface area (Å²) in [5, 5.41) is 26.1. The Kier molecular flexibility index (Phi) is 11.7. The van der Waals surface area contributed by atoms with E-state index in [-0.39, 0.29) is 46.6 Å². The van der Waals surface area contributed by atoms with Crippen LogP contribution in [0.25, 0.3) is 32.9 Å². The van der Waals surface area contributed by atoms with Gasteiger partial charge in [0.1, 0.15) is 28.8 Å². The van der Waals surface area contributed by atoms with Crippen LogP contribution in [0.4, 0.5) is 15.9 Å². The SMILES string of the molecule is C[C@@]1(O)CCCN(c2nc(OCC3(CN4CCC(CN5CCN(c6ccc7c(c6)CN([C@H]6CCC(=O)NC6=O)C7=O)CC5)CC4)CC3)nc3c(F)c(-c4cc(O)cc5cccc(Cl)c45)ncc23)C1. The van der Waals surface area contributed by atoms with Crippen LogP contribution in [0, 0.1) is 17.2 Å². The molecule has 5 aliphatic heterocycles. The summed E-state index contributed by atoms with van der Waals surface area (Å²) in [7, 11) is 0. The van der Waals surface area contributed by atoms with Crippen molar-refractivity contribution in [1.29, 1.82) is 0 Å². The van der Waals surface area contributed by atoms with Gasteiger partial charge in [0.05, 0.1) is 17.6 Å². The Morgan fingerprint density at radius 1 is 0.912 bits per heavy atom. The van der Waals surface area contributed by atoms with Crippen LogP contribution >= 0.6 is 11.6 Å². The summed E-state index contributed by atoms with van der Waals surface area (Å²) in [6.45, 7) is 11.3. The highest BCUT2D eigenvalue weighted by Crippen LogP contribution is 2.47. The number of likely N-dealkylation sites (tertiary alicyclic amines) is 1. The number of halogens is 2. The number of aromatic nitrogens is 3. The molecular weight excluding hydrogens is 889 g/mol. The van der Waals surface area contributed by atoms with E-state index in [1.807, 2.05) is 23.1 Å². The lowest BCUT2D eigenvalue weighted by Gasteiger charge is -2.40. The molecule has 15 nitrogen and oxygen atoms in total. The molecule has 1 aliphatic carbocycles. The number of anilines is 2. The second-order valence-corrected chi connectivity index (χ2v) is 20.8. The average molecular weight is 947 g/mol. The van der Waals surface area contributed by atoms with Crippen molar-refractivity contribution in [2.45, 2.75) is 76.5 Å². The number of pyridine rings is 1. The van der Waals surface area contributed by atoms with E-state index < -0.39 is 23.4 Å². The second-order valence-electron chi connectivity index (χ2n) is 20.4. The summed E-state index contributed by atoms with van der Waals surface area (Å²) >= 11 is 6.65. The Morgan fingerprint density at radius 2 is 1.72 bits per heavy atom. The minimum Gasteiger partial charge on any atom is -0.508 e. The summed E-state index contributed by atoms with van der Waals surface area (Å²) in [5.74, 6) is -0.440. The van der Waals surface area contributed by atoms with Gasteiger partial charge in [0, 0.05) is 104 Å². The maximum atomic E-state index is 17.0. The highest BCUT2D eigenvalue weighted by atomic mass is 35.5. The number of carbonyl (C=O) groups excluding carboxylic acids is 3. The number of rotatable bonds is 11. The van der Waals surface area contributed by atoms with E-state index >= 15 is 4.39 Å². The first kappa shape index (κ1) is 44.8. The van der Waals surface area contributed by atoms with Crippen molar-refractivity contribution in [3.05, 3.63) is 76.7 Å². The van der Waals surface area contributed by atoms with Gasteiger partial charge in [0.15, 0.2) is 5.82 Å². The molecule has 0 radical (unpaired) electrons. The molecule has 3 amide bonds. The molecule has 0 spiro atoms. The highest BCUT2D eigenvalue weighted by Gasteiger charge is 2.46. The molecule has 5 fully saturated rings. The number of phenols is 1. The molecule has 7 heterocycles. The van der Waals surface area contributed by atoms with Crippen LogP contribution in [-0.4, -0.2) is 141 Å². The maximum Gasteiger partial charge on any atom is 0.319 e. The van der Waals surface area contributed by atoms with Crippen molar-refractivity contribution in [3.8, 4) is 23.0 Å². The van der Waals surface area contributed by atoms with Crippen molar-refractivity contribution in [3.63, 3.8) is 0 Å². The molecular formula is C51H57ClFN9O6. The van der Waals surface area contributed by atoms with Gasteiger partial charge in [-0.05, 0) is 118 Å². The first-order valence-electron chi connectivity index (χ1n) is 24.1. The smallest absolute Gasteiger partial charge is 0.319 e. The molecule has 11 rings (SSSR count). The zero-order valence-corrected chi connectivity index (χ0v) is 39.1. The van der Waals surface area contributed by atoms with Crippen LogP contribution in [0.3, 0.4) is 0 Å².